The van der Waals surface area contributed by atoms with E-state index in [1.807, 2.05) is 6.07 Å². The van der Waals surface area contributed by atoms with Gasteiger partial charge in [0.1, 0.15) is 12.4 Å². The maximum Gasteiger partial charge on any atom is 1.00 e. The van der Waals surface area contributed by atoms with Gasteiger partial charge in [-0.25, -0.2) is 0 Å². The first-order chi connectivity index (χ1) is 14.3. The fourth-order valence-corrected chi connectivity index (χ4v) is 4.48. The molecule has 1 fully saturated rings. The molecule has 3 atom stereocenters. The van der Waals surface area contributed by atoms with Gasteiger partial charge in [-0.3, -0.25) is 14.4 Å². The first-order valence-electron chi connectivity index (χ1n) is 9.38. The molecular weight excluding hydrogens is 431 g/mol. The van der Waals surface area contributed by atoms with Gasteiger partial charge in [0.15, 0.2) is 5.78 Å². The number of Topliss-reactive ketones (excluding diaryl/α,β-unsaturated/α-hetero) is 1. The van der Waals surface area contributed by atoms with Crippen LogP contribution in [0.2, 0.25) is 0 Å². The molecule has 0 saturated carbocycles. The molecule has 158 valence electrons. The van der Waals surface area contributed by atoms with E-state index in [-0.39, 0.29) is 53.6 Å². The number of para-hydroxylation sites is 1. The van der Waals surface area contributed by atoms with Crippen LogP contribution in [0.1, 0.15) is 20.3 Å². The first kappa shape index (κ1) is 25.2. The zero-order valence-electron chi connectivity index (χ0n) is 17.5. The van der Waals surface area contributed by atoms with E-state index < -0.39 is 29.8 Å². The van der Waals surface area contributed by atoms with Gasteiger partial charge in [0, 0.05) is 30.4 Å². The van der Waals surface area contributed by atoms with Crippen LogP contribution >= 0.6 is 11.8 Å². The molecule has 1 aromatic carbocycles. The van der Waals surface area contributed by atoms with Crippen molar-refractivity contribution < 1.29 is 58.6 Å². The van der Waals surface area contributed by atoms with Gasteiger partial charge in [-0.15, -0.1) is 0 Å². The molecule has 1 aromatic rings. The average molecular weight is 452 g/mol. The van der Waals surface area contributed by atoms with Crippen molar-refractivity contribution in [3.8, 4) is 5.75 Å². The van der Waals surface area contributed by atoms with Gasteiger partial charge < -0.3 is 24.9 Å². The predicted octanol–water partition coefficient (Wildman–Crippen LogP) is -2.19. The number of ether oxygens (including phenoxy) is 1. The van der Waals surface area contributed by atoms with Crippen molar-refractivity contribution >= 4 is 35.3 Å². The zero-order chi connectivity index (χ0) is 21.8. The molecule has 3 rings (SSSR count). The van der Waals surface area contributed by atoms with E-state index in [9.17, 15) is 24.3 Å². The number of carboxylic acids is 1. The largest absolute Gasteiger partial charge is 1.00 e. The van der Waals surface area contributed by atoms with Gasteiger partial charge in [0.05, 0.1) is 23.6 Å². The summed E-state index contributed by atoms with van der Waals surface area (Å²) in [5.74, 6) is -2.97. The number of carbonyl (C=O) groups excluding carboxylic acids is 4. The summed E-state index contributed by atoms with van der Waals surface area (Å²) in [5, 5.41) is 15.6. The summed E-state index contributed by atoms with van der Waals surface area (Å²) in [6.45, 7) is 2.85. The van der Waals surface area contributed by atoms with Crippen LogP contribution in [0, 0.1) is 11.8 Å². The SMILES string of the molecule is CC(=O)NC=CSC1=C(C(=O)[O-])N2C(=O)C(C(C)C(=O)COc3ccccc3)C2C1.[Na+]. The van der Waals surface area contributed by atoms with E-state index >= 15 is 0 Å². The minimum atomic E-state index is -1.44. The summed E-state index contributed by atoms with van der Waals surface area (Å²) < 4.78 is 5.48. The molecular formula is C21H21N2NaO6S. The van der Waals surface area contributed by atoms with Crippen molar-refractivity contribution in [3.63, 3.8) is 0 Å². The summed E-state index contributed by atoms with van der Waals surface area (Å²) in [4.78, 5) is 49.4. The number of fused-ring (bicyclic) bond motifs is 1. The van der Waals surface area contributed by atoms with E-state index in [0.717, 1.165) is 11.8 Å². The van der Waals surface area contributed by atoms with Crippen LogP contribution in [0.3, 0.4) is 0 Å². The molecule has 1 saturated heterocycles. The fraction of sp³-hybridized carbons (Fsp3) is 0.333. The Balaban J connectivity index is 0.00000341. The molecule has 2 aliphatic heterocycles. The minimum absolute atomic E-state index is 0. The molecule has 8 nitrogen and oxygen atoms in total. The number of rotatable bonds is 9. The number of ketones is 1. The van der Waals surface area contributed by atoms with Crippen LogP contribution in [0.5, 0.6) is 5.75 Å². The number of thioether (sulfide) groups is 1. The number of hydrogen-bond acceptors (Lipinski definition) is 7. The predicted molar refractivity (Wildman–Crippen MR) is 107 cm³/mol. The van der Waals surface area contributed by atoms with Crippen molar-refractivity contribution in [2.75, 3.05) is 6.61 Å². The quantitative estimate of drug-likeness (QED) is 0.334. The normalized spacial score (nSPS) is 20.6. The number of β-lactam (4-membered cyclic amide) rings is 1. The second-order valence-electron chi connectivity index (χ2n) is 7.04. The molecule has 31 heavy (non-hydrogen) atoms. The second kappa shape index (κ2) is 11.0. The number of hydrogen-bond donors (Lipinski definition) is 1. The molecule has 1 N–H and O–H groups in total. The number of benzene rings is 1. The van der Waals surface area contributed by atoms with Crippen molar-refractivity contribution in [1.29, 1.82) is 0 Å². The summed E-state index contributed by atoms with van der Waals surface area (Å²) in [6, 6.07) is 8.49. The molecule has 0 aromatic heterocycles. The van der Waals surface area contributed by atoms with Crippen LogP contribution in [0.15, 0.2) is 52.5 Å². The van der Waals surface area contributed by atoms with Crippen molar-refractivity contribution in [2.24, 2.45) is 11.8 Å². The Morgan fingerprint density at radius 2 is 2.00 bits per heavy atom. The van der Waals surface area contributed by atoms with Gasteiger partial charge in [-0.1, -0.05) is 36.9 Å². The van der Waals surface area contributed by atoms with Gasteiger partial charge in [-0.05, 0) is 17.5 Å². The van der Waals surface area contributed by atoms with Crippen LogP contribution < -0.4 is 44.7 Å². The third kappa shape index (κ3) is 5.60. The minimum Gasteiger partial charge on any atom is -0.543 e. The molecule has 10 heteroatoms. The second-order valence-corrected chi connectivity index (χ2v) is 8.04. The summed E-state index contributed by atoms with van der Waals surface area (Å²) in [7, 11) is 0. The van der Waals surface area contributed by atoms with E-state index in [4.69, 9.17) is 4.74 Å². The number of aliphatic carboxylic acids is 1. The maximum absolute atomic E-state index is 12.7. The van der Waals surface area contributed by atoms with E-state index in [2.05, 4.69) is 5.32 Å². The third-order valence-corrected chi connectivity index (χ3v) is 6.01. The Morgan fingerprint density at radius 3 is 2.61 bits per heavy atom. The number of nitrogens with one attached hydrogen (secondary N) is 1. The summed E-state index contributed by atoms with van der Waals surface area (Å²) >= 11 is 1.10. The van der Waals surface area contributed by atoms with Crippen LogP contribution in [0.4, 0.5) is 0 Å². The number of nitrogens with zero attached hydrogens (tertiary/aromatic N) is 1. The zero-order valence-corrected chi connectivity index (χ0v) is 20.3. The monoisotopic (exact) mass is 452 g/mol. The molecule has 0 bridgehead atoms. The van der Waals surface area contributed by atoms with Gasteiger partial charge >= 0.3 is 29.6 Å². The summed E-state index contributed by atoms with van der Waals surface area (Å²) in [6.07, 6.45) is 1.71. The Bertz CT molecular complexity index is 933. The molecule has 3 unspecified atom stereocenters. The van der Waals surface area contributed by atoms with Crippen molar-refractivity contribution in [1.82, 2.24) is 10.2 Å². The smallest absolute Gasteiger partial charge is 0.543 e. The molecule has 2 aliphatic rings. The molecule has 0 radical (unpaired) electrons. The average Bonchev–Trinajstić information content (AvgIpc) is 3.04. The molecule has 0 aliphatic carbocycles. The maximum atomic E-state index is 12.7. The number of amides is 2. The fourth-order valence-electron chi connectivity index (χ4n) is 3.62. The van der Waals surface area contributed by atoms with Gasteiger partial charge in [-0.2, -0.15) is 0 Å². The Morgan fingerprint density at radius 1 is 1.32 bits per heavy atom. The third-order valence-electron chi connectivity index (χ3n) is 5.10. The first-order valence-corrected chi connectivity index (χ1v) is 10.3. The van der Waals surface area contributed by atoms with E-state index in [0.29, 0.717) is 17.1 Å². The molecule has 2 heterocycles. The Labute approximate surface area is 206 Å². The number of carbonyl (C=O) groups is 4. The topological polar surface area (TPSA) is 116 Å². The van der Waals surface area contributed by atoms with Crippen LogP contribution in [0.25, 0.3) is 0 Å². The van der Waals surface area contributed by atoms with Crippen LogP contribution in [-0.4, -0.2) is 41.1 Å². The van der Waals surface area contributed by atoms with E-state index in [1.54, 1.807) is 31.2 Å². The van der Waals surface area contributed by atoms with E-state index in [1.165, 1.54) is 23.4 Å². The molecule has 0 spiro atoms. The Hall–Kier alpha value is -2.07. The molecule has 2 amide bonds. The van der Waals surface area contributed by atoms with Gasteiger partial charge in [0.25, 0.3) is 0 Å². The standard InChI is InChI=1S/C21H22N2O6S.Na/c1-12(16(25)11-29-14-6-4-3-5-7-14)18-15-10-17(30-9-8-22-13(2)24)19(21(27)28)23(15)20(18)26;/h3-9,12,15,18H,10-11H2,1-2H3,(H,22,24)(H,27,28);/q;+1/p-1. The summed E-state index contributed by atoms with van der Waals surface area (Å²) in [5.41, 5.74) is -0.168. The van der Waals surface area contributed by atoms with Crippen molar-refractivity contribution in [3.05, 3.63) is 52.5 Å². The number of carboxylic acid groups (broad SMARTS) is 1. The van der Waals surface area contributed by atoms with Crippen LogP contribution in [-0.2, 0) is 19.2 Å². The van der Waals surface area contributed by atoms with Crippen molar-refractivity contribution in [2.45, 2.75) is 26.3 Å². The van der Waals surface area contributed by atoms with Gasteiger partial charge in [0.2, 0.25) is 11.8 Å². The Kier molecular flexibility index (Phi) is 8.93.